The first kappa shape index (κ1) is 10.7. The lowest BCUT2D eigenvalue weighted by atomic mass is 10.2. The van der Waals surface area contributed by atoms with E-state index < -0.39 is 0 Å². The van der Waals surface area contributed by atoms with Crippen LogP contribution >= 0.6 is 0 Å². The molecule has 0 unspecified atom stereocenters. The van der Waals surface area contributed by atoms with Crippen molar-refractivity contribution >= 4 is 5.52 Å². The number of hydrogen-bond donors (Lipinski definition) is 1. The number of nitrogens with zero attached hydrogens (tertiary/aromatic N) is 2. The molecule has 0 aromatic carbocycles. The van der Waals surface area contributed by atoms with Crippen molar-refractivity contribution in [2.24, 2.45) is 0 Å². The molecule has 0 atom stereocenters. The summed E-state index contributed by atoms with van der Waals surface area (Å²) in [4.78, 5) is 0. The van der Waals surface area contributed by atoms with Crippen LogP contribution in [0, 0.1) is 12.3 Å². The Morgan fingerprint density at radius 3 is 3.25 bits per heavy atom. The minimum atomic E-state index is 0.835. The molecular formula is C13H15N3. The number of terminal acetylenes is 1. The largest absolute Gasteiger partial charge is 0.313 e. The zero-order valence-corrected chi connectivity index (χ0v) is 9.19. The monoisotopic (exact) mass is 213 g/mol. The molecule has 0 aliphatic carbocycles. The number of nitrogens with one attached hydrogen (secondary N) is 1. The number of aromatic nitrogens is 2. The summed E-state index contributed by atoms with van der Waals surface area (Å²) in [6, 6.07) is 6.08. The molecule has 82 valence electrons. The van der Waals surface area contributed by atoms with E-state index in [0.29, 0.717) is 0 Å². The van der Waals surface area contributed by atoms with Gasteiger partial charge in [-0.2, -0.15) is 5.10 Å². The van der Waals surface area contributed by atoms with Gasteiger partial charge in [0.25, 0.3) is 0 Å². The molecule has 0 saturated heterocycles. The van der Waals surface area contributed by atoms with Crippen molar-refractivity contribution in [3.63, 3.8) is 0 Å². The summed E-state index contributed by atoms with van der Waals surface area (Å²) in [5.74, 6) is 2.63. The minimum absolute atomic E-state index is 0.835. The zero-order chi connectivity index (χ0) is 11.2. The van der Waals surface area contributed by atoms with Crippen molar-refractivity contribution in [3.05, 3.63) is 36.2 Å². The Morgan fingerprint density at radius 1 is 1.44 bits per heavy atom. The lowest BCUT2D eigenvalue weighted by molar-refractivity contribution is 0.661. The predicted octanol–water partition coefficient (Wildman–Crippen LogP) is 1.84. The molecule has 3 nitrogen and oxygen atoms in total. The molecule has 0 aliphatic heterocycles. The van der Waals surface area contributed by atoms with Gasteiger partial charge in [-0.1, -0.05) is 6.07 Å². The van der Waals surface area contributed by atoms with E-state index in [-0.39, 0.29) is 0 Å². The van der Waals surface area contributed by atoms with Crippen molar-refractivity contribution in [2.75, 3.05) is 6.54 Å². The third-order valence-electron chi connectivity index (χ3n) is 2.50. The molecule has 16 heavy (non-hydrogen) atoms. The van der Waals surface area contributed by atoms with Crippen LogP contribution in [0.25, 0.3) is 5.52 Å². The third-order valence-corrected chi connectivity index (χ3v) is 2.50. The summed E-state index contributed by atoms with van der Waals surface area (Å²) in [5, 5.41) is 7.64. The number of rotatable bonds is 5. The highest BCUT2D eigenvalue weighted by Gasteiger charge is 2.01. The standard InChI is InChI=1S/C13H15N3/c1-2-3-5-8-14-10-12-11-15-16-9-6-4-7-13(12)16/h1,4,6-7,9,11,14H,3,5,8,10H2. The summed E-state index contributed by atoms with van der Waals surface area (Å²) in [7, 11) is 0. The molecule has 3 heteroatoms. The number of fused-ring (bicyclic) bond motifs is 1. The lowest BCUT2D eigenvalue weighted by Crippen LogP contribution is -2.14. The Bertz CT molecular complexity index is 493. The second-order valence-corrected chi connectivity index (χ2v) is 3.68. The summed E-state index contributed by atoms with van der Waals surface area (Å²) in [5.41, 5.74) is 2.38. The van der Waals surface area contributed by atoms with Crippen molar-refractivity contribution in [3.8, 4) is 12.3 Å². The van der Waals surface area contributed by atoms with E-state index in [1.54, 1.807) is 0 Å². The van der Waals surface area contributed by atoms with E-state index in [1.165, 1.54) is 5.56 Å². The topological polar surface area (TPSA) is 29.3 Å². The predicted molar refractivity (Wildman–Crippen MR) is 65.0 cm³/mol. The first-order valence-electron chi connectivity index (χ1n) is 5.47. The van der Waals surface area contributed by atoms with Gasteiger partial charge in [-0.05, 0) is 25.1 Å². The number of pyridine rings is 1. The second kappa shape index (κ2) is 5.34. The molecule has 0 bridgehead atoms. The number of hydrogen-bond acceptors (Lipinski definition) is 2. The fraction of sp³-hybridized carbons (Fsp3) is 0.308. The molecule has 0 aliphatic rings. The smallest absolute Gasteiger partial charge is 0.0706 e. The van der Waals surface area contributed by atoms with Crippen molar-refractivity contribution in [2.45, 2.75) is 19.4 Å². The van der Waals surface area contributed by atoms with E-state index in [0.717, 1.165) is 31.4 Å². The van der Waals surface area contributed by atoms with Crippen LogP contribution in [0.1, 0.15) is 18.4 Å². The van der Waals surface area contributed by atoms with Gasteiger partial charge in [-0.25, -0.2) is 4.52 Å². The van der Waals surface area contributed by atoms with E-state index in [1.807, 2.05) is 29.0 Å². The van der Waals surface area contributed by atoms with Gasteiger partial charge >= 0.3 is 0 Å². The Balaban J connectivity index is 1.92. The molecule has 2 rings (SSSR count). The fourth-order valence-corrected chi connectivity index (χ4v) is 1.66. The minimum Gasteiger partial charge on any atom is -0.313 e. The van der Waals surface area contributed by atoms with E-state index in [9.17, 15) is 0 Å². The second-order valence-electron chi connectivity index (χ2n) is 3.68. The normalized spacial score (nSPS) is 10.4. The molecule has 1 N–H and O–H groups in total. The van der Waals surface area contributed by atoms with Crippen LogP contribution in [0.5, 0.6) is 0 Å². The molecule has 2 aromatic rings. The van der Waals surface area contributed by atoms with E-state index in [4.69, 9.17) is 6.42 Å². The molecule has 0 amide bonds. The molecule has 0 saturated carbocycles. The van der Waals surface area contributed by atoms with Crippen LogP contribution < -0.4 is 5.32 Å². The van der Waals surface area contributed by atoms with Gasteiger partial charge in [0.15, 0.2) is 0 Å². The lowest BCUT2D eigenvalue weighted by Gasteiger charge is -2.01. The Morgan fingerprint density at radius 2 is 2.38 bits per heavy atom. The molecule has 2 heterocycles. The average molecular weight is 213 g/mol. The summed E-state index contributed by atoms with van der Waals surface area (Å²) < 4.78 is 1.89. The first-order valence-corrected chi connectivity index (χ1v) is 5.47. The van der Waals surface area contributed by atoms with Gasteiger partial charge in [-0.3, -0.25) is 0 Å². The maximum absolute atomic E-state index is 5.19. The first-order chi connectivity index (χ1) is 7.92. The Kier molecular flexibility index (Phi) is 3.58. The maximum atomic E-state index is 5.19. The molecule has 0 radical (unpaired) electrons. The quantitative estimate of drug-likeness (QED) is 0.606. The van der Waals surface area contributed by atoms with Crippen molar-refractivity contribution in [1.82, 2.24) is 14.9 Å². The van der Waals surface area contributed by atoms with Crippen LogP contribution in [0.4, 0.5) is 0 Å². The van der Waals surface area contributed by atoms with Crippen molar-refractivity contribution < 1.29 is 0 Å². The van der Waals surface area contributed by atoms with Crippen LogP contribution in [0.15, 0.2) is 30.6 Å². The molecular weight excluding hydrogens is 198 g/mol. The maximum Gasteiger partial charge on any atom is 0.0706 e. The van der Waals surface area contributed by atoms with Crippen LogP contribution in [-0.4, -0.2) is 16.2 Å². The van der Waals surface area contributed by atoms with Gasteiger partial charge in [0, 0.05) is 24.7 Å². The van der Waals surface area contributed by atoms with Crippen LogP contribution in [0.2, 0.25) is 0 Å². The van der Waals surface area contributed by atoms with Crippen LogP contribution in [-0.2, 0) is 6.54 Å². The summed E-state index contributed by atoms with van der Waals surface area (Å²) in [6.45, 7) is 1.80. The van der Waals surface area contributed by atoms with Gasteiger partial charge in [-0.15, -0.1) is 12.3 Å². The Labute approximate surface area is 95.5 Å². The molecule has 0 spiro atoms. The average Bonchev–Trinajstić information content (AvgIpc) is 2.73. The Hall–Kier alpha value is -1.79. The van der Waals surface area contributed by atoms with Gasteiger partial charge in [0.05, 0.1) is 11.7 Å². The van der Waals surface area contributed by atoms with Gasteiger partial charge in [0.1, 0.15) is 0 Å². The number of unbranched alkanes of at least 4 members (excludes halogenated alkanes) is 1. The highest BCUT2D eigenvalue weighted by Crippen LogP contribution is 2.09. The van der Waals surface area contributed by atoms with Crippen molar-refractivity contribution in [1.29, 1.82) is 0 Å². The van der Waals surface area contributed by atoms with Crippen LogP contribution in [0.3, 0.4) is 0 Å². The summed E-state index contributed by atoms with van der Waals surface area (Å²) >= 11 is 0. The highest BCUT2D eigenvalue weighted by atomic mass is 15.2. The van der Waals surface area contributed by atoms with Gasteiger partial charge in [0.2, 0.25) is 0 Å². The fourth-order valence-electron chi connectivity index (χ4n) is 1.66. The third kappa shape index (κ3) is 2.41. The summed E-state index contributed by atoms with van der Waals surface area (Å²) in [6.07, 6.45) is 10.9. The highest BCUT2D eigenvalue weighted by molar-refractivity contribution is 5.53. The van der Waals surface area contributed by atoms with E-state index >= 15 is 0 Å². The van der Waals surface area contributed by atoms with E-state index in [2.05, 4.69) is 22.4 Å². The zero-order valence-electron chi connectivity index (χ0n) is 9.19. The van der Waals surface area contributed by atoms with Gasteiger partial charge < -0.3 is 5.32 Å². The molecule has 2 aromatic heterocycles. The molecule has 0 fully saturated rings. The SMILES string of the molecule is C#CCCCNCc1cnn2ccccc12.